The van der Waals surface area contributed by atoms with Gasteiger partial charge in [0.05, 0.1) is 32.4 Å². The number of rotatable bonds is 3. The van der Waals surface area contributed by atoms with Crippen LogP contribution in [0.5, 0.6) is 0 Å². The zero-order valence-corrected chi connectivity index (χ0v) is 13.4. The summed E-state index contributed by atoms with van der Waals surface area (Å²) in [5.41, 5.74) is 0.305. The van der Waals surface area contributed by atoms with E-state index in [1.165, 1.54) is 30.3 Å². The minimum Gasteiger partial charge on any atom is -0.278 e. The van der Waals surface area contributed by atoms with Crippen LogP contribution in [-0.2, 0) is 10.0 Å². The van der Waals surface area contributed by atoms with Crippen molar-refractivity contribution in [1.82, 2.24) is 0 Å². The summed E-state index contributed by atoms with van der Waals surface area (Å²) in [6.45, 7) is 0. The molecule has 0 saturated heterocycles. The van der Waals surface area contributed by atoms with Crippen LogP contribution in [0.1, 0.15) is 5.56 Å². The van der Waals surface area contributed by atoms with Gasteiger partial charge in [0.25, 0.3) is 10.0 Å². The van der Waals surface area contributed by atoms with E-state index >= 15 is 0 Å². The highest BCUT2D eigenvalue weighted by atomic mass is 35.5. The summed E-state index contributed by atoms with van der Waals surface area (Å²) in [6.07, 6.45) is 0. The van der Waals surface area contributed by atoms with Gasteiger partial charge in [0.2, 0.25) is 0 Å². The van der Waals surface area contributed by atoms with Crippen LogP contribution in [0.25, 0.3) is 0 Å². The van der Waals surface area contributed by atoms with Crippen molar-refractivity contribution >= 4 is 50.5 Å². The van der Waals surface area contributed by atoms with E-state index in [1.807, 2.05) is 6.07 Å². The van der Waals surface area contributed by atoms with Gasteiger partial charge < -0.3 is 0 Å². The van der Waals surface area contributed by atoms with Gasteiger partial charge in [-0.25, -0.2) is 8.42 Å². The predicted octanol–water partition coefficient (Wildman–Crippen LogP) is 4.32. The molecule has 0 radical (unpaired) electrons. The molecule has 0 aliphatic rings. The summed E-state index contributed by atoms with van der Waals surface area (Å²) in [7, 11) is -3.99. The van der Waals surface area contributed by atoms with E-state index in [0.717, 1.165) is 0 Å². The SMILES string of the molecule is N#Cc1ccc(Cl)c(S(=O)(=O)Nc2cccc(Cl)c2Cl)c1. The Kier molecular flexibility index (Phi) is 4.64. The molecule has 0 saturated carbocycles. The van der Waals surface area contributed by atoms with Crippen molar-refractivity contribution in [2.45, 2.75) is 4.90 Å². The molecule has 0 spiro atoms. The van der Waals surface area contributed by atoms with E-state index in [0.29, 0.717) is 0 Å². The van der Waals surface area contributed by atoms with E-state index in [4.69, 9.17) is 40.1 Å². The van der Waals surface area contributed by atoms with Gasteiger partial charge in [-0.05, 0) is 30.3 Å². The second-order valence-electron chi connectivity index (χ2n) is 3.96. The third-order valence-electron chi connectivity index (χ3n) is 2.55. The van der Waals surface area contributed by atoms with Gasteiger partial charge in [0.1, 0.15) is 4.90 Å². The van der Waals surface area contributed by atoms with Gasteiger partial charge in [0, 0.05) is 0 Å². The quantitative estimate of drug-likeness (QED) is 0.885. The van der Waals surface area contributed by atoms with Crippen LogP contribution in [0.4, 0.5) is 5.69 Å². The van der Waals surface area contributed by atoms with Crippen LogP contribution in [0.3, 0.4) is 0 Å². The largest absolute Gasteiger partial charge is 0.278 e. The van der Waals surface area contributed by atoms with Crippen LogP contribution < -0.4 is 4.72 Å². The minimum atomic E-state index is -3.99. The average Bonchev–Trinajstić information content (AvgIpc) is 2.44. The summed E-state index contributed by atoms with van der Waals surface area (Å²) in [5.74, 6) is 0. The highest BCUT2D eigenvalue weighted by Gasteiger charge is 2.20. The molecule has 2 aromatic carbocycles. The average molecular weight is 362 g/mol. The molecule has 0 fully saturated rings. The zero-order valence-electron chi connectivity index (χ0n) is 10.3. The smallest absolute Gasteiger partial charge is 0.263 e. The van der Waals surface area contributed by atoms with Crippen molar-refractivity contribution in [2.75, 3.05) is 4.72 Å². The highest BCUT2D eigenvalue weighted by molar-refractivity contribution is 7.92. The molecule has 1 N–H and O–H groups in total. The number of halogens is 3. The lowest BCUT2D eigenvalue weighted by Crippen LogP contribution is -2.14. The molecule has 108 valence electrons. The van der Waals surface area contributed by atoms with Gasteiger partial charge in [0.15, 0.2) is 0 Å². The van der Waals surface area contributed by atoms with Crippen molar-refractivity contribution in [2.24, 2.45) is 0 Å². The molecule has 2 aromatic rings. The van der Waals surface area contributed by atoms with Crippen molar-refractivity contribution in [3.05, 3.63) is 57.0 Å². The number of hydrogen-bond donors (Lipinski definition) is 1. The molecule has 2 rings (SSSR count). The number of sulfonamides is 1. The summed E-state index contributed by atoms with van der Waals surface area (Å²) >= 11 is 17.7. The van der Waals surface area contributed by atoms with Gasteiger partial charge in [-0.2, -0.15) is 5.26 Å². The van der Waals surface area contributed by atoms with E-state index in [1.54, 1.807) is 6.07 Å². The van der Waals surface area contributed by atoms with Gasteiger partial charge >= 0.3 is 0 Å². The number of nitrogens with one attached hydrogen (secondary N) is 1. The molecule has 0 unspecified atom stereocenters. The van der Waals surface area contributed by atoms with Crippen LogP contribution >= 0.6 is 34.8 Å². The molecule has 4 nitrogen and oxygen atoms in total. The van der Waals surface area contributed by atoms with Gasteiger partial charge in [-0.15, -0.1) is 0 Å². The van der Waals surface area contributed by atoms with Gasteiger partial charge in [-0.3, -0.25) is 4.72 Å². The molecule has 0 atom stereocenters. The molecule has 0 amide bonds. The summed E-state index contributed by atoms with van der Waals surface area (Å²) in [4.78, 5) is -0.209. The topological polar surface area (TPSA) is 70.0 Å². The maximum Gasteiger partial charge on any atom is 0.263 e. The predicted molar refractivity (Wildman–Crippen MR) is 83.4 cm³/mol. The Morgan fingerprint density at radius 2 is 1.76 bits per heavy atom. The summed E-state index contributed by atoms with van der Waals surface area (Å²) in [6, 6.07) is 10.4. The van der Waals surface area contributed by atoms with Crippen molar-refractivity contribution in [1.29, 1.82) is 5.26 Å². The van der Waals surface area contributed by atoms with Crippen LogP contribution in [0.15, 0.2) is 41.3 Å². The molecular weight excluding hydrogens is 355 g/mol. The number of nitrogens with zero attached hydrogens (tertiary/aromatic N) is 1. The number of nitriles is 1. The molecule has 0 aliphatic heterocycles. The zero-order chi connectivity index (χ0) is 15.6. The van der Waals surface area contributed by atoms with E-state index in [2.05, 4.69) is 4.72 Å². The molecule has 0 bridgehead atoms. The molecule has 21 heavy (non-hydrogen) atoms. The lowest BCUT2D eigenvalue weighted by molar-refractivity contribution is 0.601. The van der Waals surface area contributed by atoms with E-state index in [9.17, 15) is 8.42 Å². The van der Waals surface area contributed by atoms with Crippen molar-refractivity contribution in [3.63, 3.8) is 0 Å². The second-order valence-corrected chi connectivity index (χ2v) is 6.81. The van der Waals surface area contributed by atoms with Crippen molar-refractivity contribution < 1.29 is 8.42 Å². The molecule has 0 aliphatic carbocycles. The Hall–Kier alpha value is -1.45. The first-order valence-electron chi connectivity index (χ1n) is 5.51. The lowest BCUT2D eigenvalue weighted by Gasteiger charge is -2.11. The second kappa shape index (κ2) is 6.12. The summed E-state index contributed by atoms with van der Waals surface area (Å²) < 4.78 is 27.0. The maximum absolute atomic E-state index is 12.3. The maximum atomic E-state index is 12.3. The number of anilines is 1. The standard InChI is InChI=1S/C13H7Cl3N2O2S/c14-9-5-4-8(7-17)6-12(9)21(19,20)18-11-3-1-2-10(15)13(11)16/h1-6,18H. The van der Waals surface area contributed by atoms with Crippen LogP contribution in [-0.4, -0.2) is 8.42 Å². The Balaban J connectivity index is 2.49. The summed E-state index contributed by atoms with van der Waals surface area (Å²) in [5, 5.41) is 9.14. The van der Waals surface area contributed by atoms with Crippen LogP contribution in [0.2, 0.25) is 15.1 Å². The normalized spacial score (nSPS) is 11.0. The Labute approximate surface area is 136 Å². The fourth-order valence-electron chi connectivity index (χ4n) is 1.56. The Bertz CT molecular complexity index is 845. The minimum absolute atomic E-state index is 0.000324. The third-order valence-corrected chi connectivity index (χ3v) is 5.21. The molecule has 0 aromatic heterocycles. The lowest BCUT2D eigenvalue weighted by atomic mass is 10.2. The van der Waals surface area contributed by atoms with Gasteiger partial charge in [-0.1, -0.05) is 40.9 Å². The number of hydrogen-bond acceptors (Lipinski definition) is 3. The van der Waals surface area contributed by atoms with E-state index < -0.39 is 10.0 Å². The molecular formula is C13H7Cl3N2O2S. The first kappa shape index (κ1) is 15.9. The molecule has 0 heterocycles. The first-order chi connectivity index (χ1) is 9.85. The first-order valence-corrected chi connectivity index (χ1v) is 8.13. The Morgan fingerprint density at radius 1 is 1.05 bits per heavy atom. The van der Waals surface area contributed by atoms with E-state index in [-0.39, 0.29) is 31.2 Å². The fraction of sp³-hybridized carbons (Fsp3) is 0. The monoisotopic (exact) mass is 360 g/mol. The number of benzene rings is 2. The fourth-order valence-corrected chi connectivity index (χ4v) is 3.56. The third kappa shape index (κ3) is 3.42. The molecule has 8 heteroatoms. The van der Waals surface area contributed by atoms with Crippen LogP contribution in [0, 0.1) is 11.3 Å². The Morgan fingerprint density at radius 3 is 2.43 bits per heavy atom. The van der Waals surface area contributed by atoms with Crippen molar-refractivity contribution in [3.8, 4) is 6.07 Å². The highest BCUT2D eigenvalue weighted by Crippen LogP contribution is 2.32.